The van der Waals surface area contributed by atoms with E-state index in [-0.39, 0.29) is 24.5 Å². The summed E-state index contributed by atoms with van der Waals surface area (Å²) in [5, 5.41) is 8.60. The van der Waals surface area contributed by atoms with Gasteiger partial charge in [0.05, 0.1) is 12.0 Å². The topological polar surface area (TPSA) is 86.5 Å². The van der Waals surface area contributed by atoms with Gasteiger partial charge in [-0.05, 0) is 47.3 Å². The molecule has 2 aromatic carbocycles. The molecule has 10 heteroatoms. The number of ether oxygens (including phenoxy) is 2. The third kappa shape index (κ3) is 5.72. The molecule has 2 heterocycles. The highest BCUT2D eigenvalue weighted by Crippen LogP contribution is 2.34. The molecule has 4 rings (SSSR count). The van der Waals surface area contributed by atoms with Crippen LogP contribution in [0.1, 0.15) is 12.3 Å². The van der Waals surface area contributed by atoms with Gasteiger partial charge in [-0.25, -0.2) is 0 Å². The number of hydrogen-bond acceptors (Lipinski definition) is 7. The number of nitrogens with zero attached hydrogens (tertiary/aromatic N) is 2. The first-order valence-corrected chi connectivity index (χ1v) is 10.8. The minimum Gasteiger partial charge on any atom is -0.497 e. The van der Waals surface area contributed by atoms with Crippen LogP contribution in [-0.2, 0) is 11.2 Å². The molecule has 0 aliphatic carbocycles. The van der Waals surface area contributed by atoms with Crippen LogP contribution in [0.2, 0.25) is 0 Å². The number of thiophene rings is 1. The van der Waals surface area contributed by atoms with E-state index in [1.54, 1.807) is 30.3 Å². The molecule has 0 fully saturated rings. The number of aromatic nitrogens is 2. The Kier molecular flexibility index (Phi) is 6.94. The smallest absolute Gasteiger partial charge is 0.387 e. The summed E-state index contributed by atoms with van der Waals surface area (Å²) < 4.78 is 40.7. The predicted octanol–water partition coefficient (Wildman–Crippen LogP) is 5.65. The fourth-order valence-corrected chi connectivity index (χ4v) is 3.76. The lowest BCUT2D eigenvalue weighted by Gasteiger charge is -2.14. The van der Waals surface area contributed by atoms with Gasteiger partial charge >= 0.3 is 6.61 Å². The molecule has 0 saturated carbocycles. The monoisotopic (exact) mass is 471 g/mol. The molecule has 0 unspecified atom stereocenters. The van der Waals surface area contributed by atoms with Crippen LogP contribution in [0.25, 0.3) is 21.8 Å². The van der Waals surface area contributed by atoms with Crippen LogP contribution >= 0.6 is 11.3 Å². The maximum atomic E-state index is 12.9. The Bertz CT molecular complexity index is 1210. The van der Waals surface area contributed by atoms with E-state index in [0.29, 0.717) is 34.3 Å². The van der Waals surface area contributed by atoms with Gasteiger partial charge in [0, 0.05) is 24.1 Å². The third-order valence-corrected chi connectivity index (χ3v) is 5.52. The van der Waals surface area contributed by atoms with Crippen LogP contribution in [-0.4, -0.2) is 29.8 Å². The number of nitrogens with one attached hydrogen (secondary N) is 1. The molecule has 1 N–H and O–H groups in total. The van der Waals surface area contributed by atoms with E-state index < -0.39 is 6.61 Å². The zero-order chi connectivity index (χ0) is 23.2. The van der Waals surface area contributed by atoms with Crippen LogP contribution in [0.15, 0.2) is 64.5 Å². The summed E-state index contributed by atoms with van der Waals surface area (Å²) in [5.74, 6) is 1.18. The quantitative estimate of drug-likeness (QED) is 0.340. The van der Waals surface area contributed by atoms with Crippen molar-refractivity contribution in [3.8, 4) is 33.3 Å². The van der Waals surface area contributed by atoms with Gasteiger partial charge in [0.1, 0.15) is 11.5 Å². The summed E-state index contributed by atoms with van der Waals surface area (Å²) >= 11 is 1.49. The molecule has 0 radical (unpaired) electrons. The van der Waals surface area contributed by atoms with Crippen LogP contribution in [0.4, 0.5) is 14.5 Å². The SMILES string of the molecule is COc1ccc(-c2cc(NC(=O)CCc3nc(-c4cccs4)no3)ccc2OC(F)F)cc1. The first-order valence-electron chi connectivity index (χ1n) is 9.91. The predicted molar refractivity (Wildman–Crippen MR) is 120 cm³/mol. The summed E-state index contributed by atoms with van der Waals surface area (Å²) in [6, 6.07) is 15.1. The lowest BCUT2D eigenvalue weighted by atomic mass is 10.0. The van der Waals surface area contributed by atoms with Gasteiger partial charge in [-0.15, -0.1) is 11.3 Å². The van der Waals surface area contributed by atoms with E-state index in [1.807, 2.05) is 17.5 Å². The number of rotatable bonds is 9. The Morgan fingerprint density at radius 3 is 2.70 bits per heavy atom. The molecule has 170 valence electrons. The Balaban J connectivity index is 1.45. The molecule has 0 bridgehead atoms. The second kappa shape index (κ2) is 10.2. The number of amides is 1. The maximum Gasteiger partial charge on any atom is 0.387 e. The maximum absolute atomic E-state index is 12.9. The van der Waals surface area contributed by atoms with Crippen LogP contribution in [0, 0.1) is 0 Å². The highest BCUT2D eigenvalue weighted by Gasteiger charge is 2.15. The zero-order valence-electron chi connectivity index (χ0n) is 17.5. The van der Waals surface area contributed by atoms with E-state index in [4.69, 9.17) is 9.26 Å². The van der Waals surface area contributed by atoms with Crippen molar-refractivity contribution in [1.82, 2.24) is 10.1 Å². The molecular formula is C23H19F2N3O4S. The molecule has 2 aromatic heterocycles. The number of carbonyl (C=O) groups excluding carboxylic acids is 1. The third-order valence-electron chi connectivity index (χ3n) is 4.66. The van der Waals surface area contributed by atoms with Crippen molar-refractivity contribution in [1.29, 1.82) is 0 Å². The van der Waals surface area contributed by atoms with Crippen molar-refractivity contribution in [2.75, 3.05) is 12.4 Å². The van der Waals surface area contributed by atoms with Crippen molar-refractivity contribution in [3.05, 3.63) is 65.9 Å². The van der Waals surface area contributed by atoms with Gasteiger partial charge < -0.3 is 19.3 Å². The second-order valence-corrected chi connectivity index (χ2v) is 7.80. The summed E-state index contributed by atoms with van der Waals surface area (Å²) in [5.41, 5.74) is 1.49. The summed E-state index contributed by atoms with van der Waals surface area (Å²) in [7, 11) is 1.54. The molecule has 0 atom stereocenters. The van der Waals surface area contributed by atoms with E-state index in [2.05, 4.69) is 20.2 Å². The standard InChI is InChI=1S/C23H19F2N3O4S/c1-30-16-7-4-14(5-8-16)17-13-15(6-9-18(17)31-23(24)25)26-20(29)10-11-21-27-22(28-32-21)19-3-2-12-33-19/h2-9,12-13,23H,10-11H2,1H3,(H,26,29). The normalized spacial score (nSPS) is 10.9. The molecule has 4 aromatic rings. The molecule has 1 amide bonds. The highest BCUT2D eigenvalue weighted by molar-refractivity contribution is 7.13. The van der Waals surface area contributed by atoms with E-state index in [0.717, 1.165) is 4.88 Å². The van der Waals surface area contributed by atoms with Crippen molar-refractivity contribution in [2.24, 2.45) is 0 Å². The number of halogens is 2. The molecule has 0 saturated heterocycles. The molecule has 0 aliphatic rings. The lowest BCUT2D eigenvalue weighted by Crippen LogP contribution is -2.12. The molecule has 0 spiro atoms. The fourth-order valence-electron chi connectivity index (χ4n) is 3.11. The summed E-state index contributed by atoms with van der Waals surface area (Å²) in [6.07, 6.45) is 0.376. The summed E-state index contributed by atoms with van der Waals surface area (Å²) in [6.45, 7) is -2.98. The van der Waals surface area contributed by atoms with Crippen molar-refractivity contribution in [3.63, 3.8) is 0 Å². The number of methoxy groups -OCH3 is 1. The number of alkyl halides is 2. The van der Waals surface area contributed by atoms with Gasteiger partial charge in [-0.1, -0.05) is 23.4 Å². The van der Waals surface area contributed by atoms with Gasteiger partial charge in [-0.2, -0.15) is 13.8 Å². The Morgan fingerprint density at radius 1 is 1.18 bits per heavy atom. The van der Waals surface area contributed by atoms with E-state index in [1.165, 1.54) is 30.6 Å². The number of benzene rings is 2. The Morgan fingerprint density at radius 2 is 2.00 bits per heavy atom. The number of carbonyl (C=O) groups is 1. The lowest BCUT2D eigenvalue weighted by molar-refractivity contribution is -0.116. The number of hydrogen-bond donors (Lipinski definition) is 1. The zero-order valence-corrected chi connectivity index (χ0v) is 18.3. The molecule has 0 aliphatic heterocycles. The van der Waals surface area contributed by atoms with Gasteiger partial charge in [0.15, 0.2) is 0 Å². The van der Waals surface area contributed by atoms with Gasteiger partial charge in [0.25, 0.3) is 0 Å². The first-order chi connectivity index (χ1) is 16.0. The van der Waals surface area contributed by atoms with Crippen LogP contribution in [0.5, 0.6) is 11.5 Å². The average molecular weight is 471 g/mol. The van der Waals surface area contributed by atoms with Crippen molar-refractivity contribution in [2.45, 2.75) is 19.5 Å². The largest absolute Gasteiger partial charge is 0.497 e. The van der Waals surface area contributed by atoms with E-state index in [9.17, 15) is 13.6 Å². The molecular weight excluding hydrogens is 452 g/mol. The molecule has 33 heavy (non-hydrogen) atoms. The highest BCUT2D eigenvalue weighted by atomic mass is 32.1. The Labute approximate surface area is 192 Å². The minimum atomic E-state index is -2.98. The second-order valence-electron chi connectivity index (χ2n) is 6.86. The van der Waals surface area contributed by atoms with Crippen LogP contribution in [0.3, 0.4) is 0 Å². The minimum absolute atomic E-state index is 0.000122. The number of aryl methyl sites for hydroxylation is 1. The fraction of sp³-hybridized carbons (Fsp3) is 0.174. The van der Waals surface area contributed by atoms with Gasteiger partial charge in [0.2, 0.25) is 17.6 Å². The first kappa shape index (κ1) is 22.4. The van der Waals surface area contributed by atoms with E-state index >= 15 is 0 Å². The number of anilines is 1. The van der Waals surface area contributed by atoms with Crippen LogP contribution < -0.4 is 14.8 Å². The average Bonchev–Trinajstić information content (AvgIpc) is 3.50. The van der Waals surface area contributed by atoms with Gasteiger partial charge in [-0.3, -0.25) is 4.79 Å². The van der Waals surface area contributed by atoms with Crippen molar-refractivity contribution < 1.29 is 27.6 Å². The summed E-state index contributed by atoms with van der Waals surface area (Å²) in [4.78, 5) is 17.6. The van der Waals surface area contributed by atoms with Crippen molar-refractivity contribution >= 4 is 22.9 Å². The molecule has 7 nitrogen and oxygen atoms in total. The Hall–Kier alpha value is -3.79.